The van der Waals surface area contributed by atoms with E-state index in [9.17, 15) is 26.3 Å². The Morgan fingerprint density at radius 2 is 1.62 bits per heavy atom. The van der Waals surface area contributed by atoms with Crippen LogP contribution >= 0.6 is 0 Å². The van der Waals surface area contributed by atoms with Crippen molar-refractivity contribution in [3.05, 3.63) is 64.7 Å². The summed E-state index contributed by atoms with van der Waals surface area (Å²) in [5.41, 5.74) is -1.77. The molecule has 0 bridgehead atoms. The largest absolute Gasteiger partial charge is 0.493 e. The van der Waals surface area contributed by atoms with Crippen LogP contribution in [0.2, 0.25) is 0 Å². The summed E-state index contributed by atoms with van der Waals surface area (Å²) >= 11 is 0. The lowest BCUT2D eigenvalue weighted by atomic mass is 9.97. The zero-order valence-electron chi connectivity index (χ0n) is 17.5. The van der Waals surface area contributed by atoms with Gasteiger partial charge in [-0.05, 0) is 56.0 Å². The molecule has 32 heavy (non-hydrogen) atoms. The first-order valence-electron chi connectivity index (χ1n) is 10.2. The number of benzene rings is 2. The molecule has 1 heterocycles. The SMILES string of the molecule is CCCC1CC=C(c2ccc(C(F)(F)Oc3ccc(OCC)c(F)c3F)c(F)c2F)OC1. The molecule has 174 valence electrons. The molecule has 0 spiro atoms. The summed E-state index contributed by atoms with van der Waals surface area (Å²) in [5.74, 6) is -8.07. The summed E-state index contributed by atoms with van der Waals surface area (Å²) < 4.78 is 101. The van der Waals surface area contributed by atoms with Crippen molar-refractivity contribution in [3.8, 4) is 11.5 Å². The van der Waals surface area contributed by atoms with Crippen molar-refractivity contribution in [3.63, 3.8) is 0 Å². The van der Waals surface area contributed by atoms with Crippen LogP contribution < -0.4 is 9.47 Å². The number of hydrogen-bond donors (Lipinski definition) is 0. The van der Waals surface area contributed by atoms with Gasteiger partial charge in [-0.2, -0.15) is 17.6 Å². The molecule has 1 aliphatic rings. The van der Waals surface area contributed by atoms with E-state index in [2.05, 4.69) is 4.74 Å². The summed E-state index contributed by atoms with van der Waals surface area (Å²) in [6, 6.07) is 3.17. The molecule has 2 aromatic rings. The van der Waals surface area contributed by atoms with Crippen molar-refractivity contribution in [2.75, 3.05) is 13.2 Å². The van der Waals surface area contributed by atoms with Crippen LogP contribution in [0.1, 0.15) is 44.2 Å². The molecule has 0 amide bonds. The number of halogens is 6. The summed E-state index contributed by atoms with van der Waals surface area (Å²) in [7, 11) is 0. The van der Waals surface area contributed by atoms with Crippen LogP contribution in [0.3, 0.4) is 0 Å². The molecule has 9 heteroatoms. The van der Waals surface area contributed by atoms with E-state index < -0.39 is 46.4 Å². The van der Waals surface area contributed by atoms with Gasteiger partial charge in [0.15, 0.2) is 23.1 Å². The molecule has 1 atom stereocenters. The van der Waals surface area contributed by atoms with Gasteiger partial charge >= 0.3 is 6.11 Å². The molecule has 0 N–H and O–H groups in total. The molecule has 0 saturated carbocycles. The van der Waals surface area contributed by atoms with E-state index >= 15 is 0 Å². The molecule has 1 unspecified atom stereocenters. The normalized spacial score (nSPS) is 16.4. The molecular weight excluding hydrogens is 438 g/mol. The molecule has 0 aromatic heterocycles. The lowest BCUT2D eigenvalue weighted by molar-refractivity contribution is -0.189. The fourth-order valence-electron chi connectivity index (χ4n) is 3.42. The highest BCUT2D eigenvalue weighted by atomic mass is 19.3. The fourth-order valence-corrected chi connectivity index (χ4v) is 3.42. The molecule has 0 saturated heterocycles. The zero-order valence-corrected chi connectivity index (χ0v) is 17.5. The smallest absolute Gasteiger partial charge is 0.429 e. The highest BCUT2D eigenvalue weighted by Gasteiger charge is 2.41. The third-order valence-corrected chi connectivity index (χ3v) is 5.02. The lowest BCUT2D eigenvalue weighted by Crippen LogP contribution is -2.25. The maximum absolute atomic E-state index is 14.6. The van der Waals surface area contributed by atoms with Gasteiger partial charge in [-0.3, -0.25) is 0 Å². The number of ether oxygens (including phenoxy) is 3. The highest BCUT2D eigenvalue weighted by Crippen LogP contribution is 2.39. The van der Waals surface area contributed by atoms with Gasteiger partial charge in [0.2, 0.25) is 11.6 Å². The zero-order chi connectivity index (χ0) is 23.5. The Morgan fingerprint density at radius 3 is 2.25 bits per heavy atom. The van der Waals surface area contributed by atoms with Crippen molar-refractivity contribution in [2.24, 2.45) is 5.92 Å². The third-order valence-electron chi connectivity index (χ3n) is 5.02. The number of allylic oxidation sites excluding steroid dienone is 1. The van der Waals surface area contributed by atoms with Gasteiger partial charge < -0.3 is 14.2 Å². The summed E-state index contributed by atoms with van der Waals surface area (Å²) in [6.45, 7) is 3.87. The molecule has 3 nitrogen and oxygen atoms in total. The Morgan fingerprint density at radius 1 is 0.938 bits per heavy atom. The van der Waals surface area contributed by atoms with E-state index in [-0.39, 0.29) is 23.8 Å². The van der Waals surface area contributed by atoms with E-state index in [1.807, 2.05) is 6.92 Å². The first-order valence-corrected chi connectivity index (χ1v) is 10.2. The minimum atomic E-state index is -4.49. The van der Waals surface area contributed by atoms with Gasteiger partial charge in [0.25, 0.3) is 0 Å². The summed E-state index contributed by atoms with van der Waals surface area (Å²) in [6.07, 6.45) is -0.450. The van der Waals surface area contributed by atoms with E-state index in [4.69, 9.17) is 9.47 Å². The van der Waals surface area contributed by atoms with Gasteiger partial charge in [-0.15, -0.1) is 0 Å². The average molecular weight is 460 g/mol. The summed E-state index contributed by atoms with van der Waals surface area (Å²) in [4.78, 5) is 0. The van der Waals surface area contributed by atoms with Gasteiger partial charge in [0.1, 0.15) is 11.3 Å². The quantitative estimate of drug-likeness (QED) is 0.399. The fraction of sp³-hybridized carbons (Fsp3) is 0.391. The van der Waals surface area contributed by atoms with Crippen molar-refractivity contribution in [1.29, 1.82) is 0 Å². The van der Waals surface area contributed by atoms with Crippen LogP contribution in [-0.4, -0.2) is 13.2 Å². The standard InChI is InChI=1S/C23H22F6O3/c1-3-5-13-6-9-16(31-12-13)14-7-8-15(20(25)19(14)24)23(28,29)32-18-11-10-17(30-4-2)21(26)22(18)27/h7-11,13H,3-6,12H2,1-2H3. The highest BCUT2D eigenvalue weighted by molar-refractivity contribution is 5.61. The van der Waals surface area contributed by atoms with Crippen LogP contribution in [-0.2, 0) is 10.8 Å². The van der Waals surface area contributed by atoms with Crippen molar-refractivity contribution < 1.29 is 40.6 Å². The first kappa shape index (κ1) is 23.8. The second-order valence-electron chi connectivity index (χ2n) is 7.30. The second-order valence-corrected chi connectivity index (χ2v) is 7.30. The van der Waals surface area contributed by atoms with E-state index in [0.29, 0.717) is 25.2 Å². The van der Waals surface area contributed by atoms with Crippen LogP contribution in [0.4, 0.5) is 26.3 Å². The van der Waals surface area contributed by atoms with Crippen LogP contribution in [0.5, 0.6) is 11.5 Å². The minimum absolute atomic E-state index is 0.0168. The Balaban J connectivity index is 1.87. The Hall–Kier alpha value is -2.84. The Labute approximate surface area is 181 Å². The van der Waals surface area contributed by atoms with Crippen molar-refractivity contribution in [1.82, 2.24) is 0 Å². The number of alkyl halides is 2. The number of rotatable bonds is 8. The molecule has 1 aliphatic heterocycles. The predicted octanol–water partition coefficient (Wildman–Crippen LogP) is 6.95. The first-order chi connectivity index (χ1) is 15.2. The Kier molecular flexibility index (Phi) is 7.26. The van der Waals surface area contributed by atoms with Crippen molar-refractivity contribution >= 4 is 5.76 Å². The lowest BCUT2D eigenvalue weighted by Gasteiger charge is -2.24. The van der Waals surface area contributed by atoms with Gasteiger partial charge in [-0.1, -0.05) is 13.3 Å². The van der Waals surface area contributed by atoms with Gasteiger partial charge in [-0.25, -0.2) is 8.78 Å². The molecule has 0 radical (unpaired) electrons. The van der Waals surface area contributed by atoms with Gasteiger partial charge in [0.05, 0.1) is 18.8 Å². The van der Waals surface area contributed by atoms with Crippen LogP contribution in [0.25, 0.3) is 5.76 Å². The molecular formula is C23H22F6O3. The monoisotopic (exact) mass is 460 g/mol. The van der Waals surface area contributed by atoms with E-state index in [0.717, 1.165) is 25.0 Å². The molecule has 3 rings (SSSR count). The second kappa shape index (κ2) is 9.75. The minimum Gasteiger partial charge on any atom is -0.493 e. The van der Waals surface area contributed by atoms with Crippen LogP contribution in [0.15, 0.2) is 30.3 Å². The van der Waals surface area contributed by atoms with E-state index in [1.165, 1.54) is 6.92 Å². The van der Waals surface area contributed by atoms with Crippen LogP contribution in [0, 0.1) is 29.2 Å². The maximum atomic E-state index is 14.6. The van der Waals surface area contributed by atoms with Gasteiger partial charge in [0, 0.05) is 0 Å². The average Bonchev–Trinajstić information content (AvgIpc) is 2.76. The molecule has 2 aromatic carbocycles. The third kappa shape index (κ3) is 4.81. The number of hydrogen-bond acceptors (Lipinski definition) is 3. The topological polar surface area (TPSA) is 27.7 Å². The molecule has 0 aliphatic carbocycles. The Bertz CT molecular complexity index is 1010. The summed E-state index contributed by atoms with van der Waals surface area (Å²) in [5, 5.41) is 0. The predicted molar refractivity (Wildman–Crippen MR) is 105 cm³/mol. The van der Waals surface area contributed by atoms with Crippen molar-refractivity contribution in [2.45, 2.75) is 39.2 Å². The maximum Gasteiger partial charge on any atom is 0.429 e. The van der Waals surface area contributed by atoms with E-state index in [1.54, 1.807) is 6.08 Å². The molecule has 0 fully saturated rings.